The molecule has 0 amide bonds. The Balaban J connectivity index is 0. The van der Waals surface area contributed by atoms with Crippen LogP contribution >= 0.6 is 32.5 Å². The van der Waals surface area contributed by atoms with Gasteiger partial charge in [0.2, 0.25) is 0 Å². The molecule has 0 bridgehead atoms. The van der Waals surface area contributed by atoms with E-state index in [1.54, 1.807) is 0 Å². The van der Waals surface area contributed by atoms with Gasteiger partial charge >= 0.3 is 5.97 Å². The van der Waals surface area contributed by atoms with Gasteiger partial charge in [0, 0.05) is 12.6 Å². The molecule has 80 valence electrons. The van der Waals surface area contributed by atoms with Crippen molar-refractivity contribution in [3.8, 4) is 0 Å². The number of nitrogens with two attached hydrogens (primary N) is 1. The minimum Gasteiger partial charge on any atom is -0.481 e. The number of nitrogens with zero attached hydrogens (tertiary/aromatic N) is 1. The van der Waals surface area contributed by atoms with E-state index < -0.39 is 5.97 Å². The molecule has 0 aliphatic carbocycles. The predicted octanol–water partition coefficient (Wildman–Crippen LogP) is 0.973. The van der Waals surface area contributed by atoms with E-state index in [-0.39, 0.29) is 12.5 Å². The summed E-state index contributed by atoms with van der Waals surface area (Å²) in [5.74, 6) is -0.839. The fourth-order valence-electron chi connectivity index (χ4n) is 0.758. The molecule has 0 unspecified atom stereocenters. The van der Waals surface area contributed by atoms with Crippen LogP contribution in [0.2, 0.25) is 0 Å². The summed E-state index contributed by atoms with van der Waals surface area (Å²) in [6.45, 7) is 0.617. The van der Waals surface area contributed by atoms with Crippen molar-refractivity contribution in [2.24, 2.45) is 5.73 Å². The van der Waals surface area contributed by atoms with Crippen molar-refractivity contribution >= 4 is 38.5 Å². The summed E-state index contributed by atoms with van der Waals surface area (Å²) in [7, 11) is 3.73. The van der Waals surface area contributed by atoms with Gasteiger partial charge in [-0.3, -0.25) is 4.79 Å². The van der Waals surface area contributed by atoms with E-state index >= 15 is 0 Å². The normalized spacial score (nSPS) is 11.8. The third-order valence-electron chi connectivity index (χ3n) is 1.04. The number of aliphatic carboxylic acids is 1. The van der Waals surface area contributed by atoms with Crippen LogP contribution in [0.1, 0.15) is 6.42 Å². The van der Waals surface area contributed by atoms with Crippen molar-refractivity contribution < 1.29 is 12.8 Å². The molecule has 5 nitrogen and oxygen atoms in total. The highest BCUT2D eigenvalue weighted by Crippen LogP contribution is 1.89. The number of hydrogen-bond acceptors (Lipinski definition) is 4. The van der Waals surface area contributed by atoms with Crippen LogP contribution in [0.5, 0.6) is 0 Å². The largest absolute Gasteiger partial charge is 0.481 e. The van der Waals surface area contributed by atoms with Crippen molar-refractivity contribution in [3.63, 3.8) is 0 Å². The summed E-state index contributed by atoms with van der Waals surface area (Å²) in [6, 6.07) is -0.257. The lowest BCUT2D eigenvalue weighted by Crippen LogP contribution is -2.34. The highest BCUT2D eigenvalue weighted by atomic mass is 79.9. The van der Waals surface area contributed by atoms with Crippen LogP contribution < -0.4 is 5.73 Å². The van der Waals surface area contributed by atoms with Gasteiger partial charge in [0.05, 0.1) is 6.42 Å². The minimum atomic E-state index is -0.839. The van der Waals surface area contributed by atoms with E-state index in [0.29, 0.717) is 6.54 Å². The van der Waals surface area contributed by atoms with E-state index in [9.17, 15) is 4.79 Å². The quantitative estimate of drug-likeness (QED) is 0.807. The SMILES string of the molecule is BrOBr.CN(C)C[C@H](N)CC(=O)O. The average molecular weight is 322 g/mol. The van der Waals surface area contributed by atoms with Crippen molar-refractivity contribution in [1.82, 2.24) is 4.90 Å². The minimum absolute atomic E-state index is 0.0399. The summed E-state index contributed by atoms with van der Waals surface area (Å²) in [4.78, 5) is 12.0. The smallest absolute Gasteiger partial charge is 0.304 e. The van der Waals surface area contributed by atoms with Crippen LogP contribution in [0.25, 0.3) is 0 Å². The number of carboxylic acids is 1. The first-order valence-corrected chi connectivity index (χ1v) is 4.75. The zero-order valence-electron chi connectivity index (χ0n) is 7.54. The van der Waals surface area contributed by atoms with Crippen molar-refractivity contribution in [2.45, 2.75) is 12.5 Å². The summed E-state index contributed by atoms with van der Waals surface area (Å²) >= 11 is 5.12. The molecule has 0 fully saturated rings. The molecular weight excluding hydrogens is 308 g/mol. The highest BCUT2D eigenvalue weighted by molar-refractivity contribution is 9.18. The fourth-order valence-corrected chi connectivity index (χ4v) is 0.758. The zero-order valence-corrected chi connectivity index (χ0v) is 10.7. The Morgan fingerprint density at radius 1 is 1.62 bits per heavy atom. The number of carbonyl (C=O) groups is 1. The molecule has 0 aromatic heterocycles. The molecule has 0 rings (SSSR count). The van der Waals surface area contributed by atoms with Crippen LogP contribution in [0.3, 0.4) is 0 Å². The second-order valence-electron chi connectivity index (χ2n) is 2.68. The lowest BCUT2D eigenvalue weighted by Gasteiger charge is -2.14. The zero-order chi connectivity index (χ0) is 10.9. The van der Waals surface area contributed by atoms with Crippen LogP contribution in [-0.4, -0.2) is 42.7 Å². The predicted molar refractivity (Wildman–Crippen MR) is 57.7 cm³/mol. The van der Waals surface area contributed by atoms with E-state index in [1.807, 2.05) is 19.0 Å². The van der Waals surface area contributed by atoms with Gasteiger partial charge in [-0.05, 0) is 14.1 Å². The van der Waals surface area contributed by atoms with Gasteiger partial charge in [-0.25, -0.2) is 2.92 Å². The van der Waals surface area contributed by atoms with Gasteiger partial charge in [-0.15, -0.1) is 0 Å². The molecule has 0 saturated heterocycles. The van der Waals surface area contributed by atoms with Gasteiger partial charge in [0.15, 0.2) is 0 Å². The topological polar surface area (TPSA) is 75.8 Å². The Hall–Kier alpha value is 0.310. The van der Waals surface area contributed by atoms with Gasteiger partial charge in [0.1, 0.15) is 32.5 Å². The Kier molecular flexibility index (Phi) is 12.6. The van der Waals surface area contributed by atoms with Gasteiger partial charge in [0.25, 0.3) is 0 Å². The number of halogens is 2. The molecule has 7 heteroatoms. The van der Waals surface area contributed by atoms with Gasteiger partial charge in [-0.2, -0.15) is 0 Å². The van der Waals surface area contributed by atoms with Crippen molar-refractivity contribution in [3.05, 3.63) is 0 Å². The fraction of sp³-hybridized carbons (Fsp3) is 0.833. The van der Waals surface area contributed by atoms with Crippen LogP contribution in [0, 0.1) is 0 Å². The Labute approximate surface area is 95.1 Å². The standard InChI is InChI=1S/C6H14N2O2.Br2O/c1-8(2)4-5(7)3-6(9)10;1-3-2/h5H,3-4,7H2,1-2H3,(H,9,10);/t5-;/m1./s1. The van der Waals surface area contributed by atoms with Crippen molar-refractivity contribution in [2.75, 3.05) is 20.6 Å². The Morgan fingerprint density at radius 2 is 2.00 bits per heavy atom. The third kappa shape index (κ3) is 18.9. The molecule has 0 aromatic rings. The van der Waals surface area contributed by atoms with E-state index in [4.69, 9.17) is 10.8 Å². The molecule has 0 spiro atoms. The number of rotatable bonds is 4. The summed E-state index contributed by atoms with van der Waals surface area (Å²) in [5.41, 5.74) is 5.45. The average Bonchev–Trinajstić information content (AvgIpc) is 1.83. The maximum Gasteiger partial charge on any atom is 0.304 e. The molecule has 0 aliphatic heterocycles. The van der Waals surface area contributed by atoms with Crippen LogP contribution in [-0.2, 0) is 7.71 Å². The first-order valence-electron chi connectivity index (χ1n) is 3.45. The molecule has 1 atom stereocenters. The van der Waals surface area contributed by atoms with E-state index in [2.05, 4.69) is 35.4 Å². The second kappa shape index (κ2) is 10.4. The van der Waals surface area contributed by atoms with Crippen LogP contribution in [0.4, 0.5) is 0 Å². The number of likely N-dealkylation sites (N-methyl/N-ethyl adjacent to an activating group) is 1. The maximum atomic E-state index is 10.1. The van der Waals surface area contributed by atoms with Gasteiger partial charge in [-0.1, -0.05) is 0 Å². The molecule has 0 aliphatic rings. The molecular formula is C6H14Br2N2O3. The maximum absolute atomic E-state index is 10.1. The number of carboxylic acid groups (broad SMARTS) is 1. The number of hydrogen-bond donors (Lipinski definition) is 2. The first kappa shape index (κ1) is 15.8. The molecule has 0 heterocycles. The molecule has 0 aromatic carbocycles. The lowest BCUT2D eigenvalue weighted by molar-refractivity contribution is -0.137. The molecule has 0 saturated carbocycles. The summed E-state index contributed by atoms with van der Waals surface area (Å²) in [6.07, 6.45) is 0.0399. The monoisotopic (exact) mass is 320 g/mol. The van der Waals surface area contributed by atoms with Gasteiger partial charge < -0.3 is 15.7 Å². The summed E-state index contributed by atoms with van der Waals surface area (Å²) < 4.78 is 3.88. The summed E-state index contributed by atoms with van der Waals surface area (Å²) in [5, 5.41) is 8.30. The Bertz CT molecular complexity index is 135. The Morgan fingerprint density at radius 3 is 2.23 bits per heavy atom. The molecule has 13 heavy (non-hydrogen) atoms. The first-order chi connectivity index (χ1) is 5.93. The third-order valence-corrected chi connectivity index (χ3v) is 1.04. The molecule has 3 N–H and O–H groups in total. The van der Waals surface area contributed by atoms with Crippen molar-refractivity contribution in [1.29, 1.82) is 0 Å². The molecule has 0 radical (unpaired) electrons. The van der Waals surface area contributed by atoms with E-state index in [1.165, 1.54) is 0 Å². The lowest BCUT2D eigenvalue weighted by atomic mass is 10.2. The highest BCUT2D eigenvalue weighted by Gasteiger charge is 2.07. The second-order valence-corrected chi connectivity index (χ2v) is 4.19. The van der Waals surface area contributed by atoms with E-state index in [0.717, 1.165) is 0 Å². The van der Waals surface area contributed by atoms with Crippen LogP contribution in [0.15, 0.2) is 0 Å².